The highest BCUT2D eigenvalue weighted by Crippen LogP contribution is 2.44. The zero-order chi connectivity index (χ0) is 27.5. The van der Waals surface area contributed by atoms with Crippen molar-refractivity contribution in [3.63, 3.8) is 0 Å². The molecule has 0 bridgehead atoms. The number of carbonyl (C=O) groups is 2. The first kappa shape index (κ1) is 25.4. The molecule has 2 aliphatic rings. The van der Waals surface area contributed by atoms with Crippen LogP contribution in [0.3, 0.4) is 0 Å². The minimum Gasteiger partial charge on any atom is -0.497 e. The van der Waals surface area contributed by atoms with Crippen molar-refractivity contribution in [3.05, 3.63) is 131 Å². The van der Waals surface area contributed by atoms with Crippen LogP contribution in [0.15, 0.2) is 114 Å². The summed E-state index contributed by atoms with van der Waals surface area (Å²) in [5.41, 5.74) is 9.42. The van der Waals surface area contributed by atoms with Gasteiger partial charge in [-0.05, 0) is 56.6 Å². The molecule has 0 aromatic heterocycles. The van der Waals surface area contributed by atoms with E-state index in [0.29, 0.717) is 18.5 Å². The molecule has 0 atom stereocenters. The van der Waals surface area contributed by atoms with Crippen LogP contribution in [0.1, 0.15) is 29.0 Å². The van der Waals surface area contributed by atoms with E-state index in [0.717, 1.165) is 45.4 Å². The van der Waals surface area contributed by atoms with Crippen molar-refractivity contribution < 1.29 is 19.1 Å². The number of fused-ring (bicyclic) bond motifs is 3. The Bertz CT molecular complexity index is 1570. The van der Waals surface area contributed by atoms with Crippen molar-refractivity contribution in [2.75, 3.05) is 20.3 Å². The molecule has 0 saturated carbocycles. The number of allylic oxidation sites excluding steroid dienone is 1. The standard InChI is InChI=1S/C35H29NO4/c1-39-29-16-14-28(15-17-29)27-12-10-24(11-13-27)18-25-19-26(22-37)21-36(20-25)35(38)40-23-34-32-8-4-2-6-30(32)31-7-3-5-9-33(31)34/h2-18,21-22,34H,19-20,23H2,1H3. The number of rotatable bonds is 6. The van der Waals surface area contributed by atoms with E-state index in [1.807, 2.05) is 66.7 Å². The molecule has 1 heterocycles. The van der Waals surface area contributed by atoms with E-state index >= 15 is 0 Å². The lowest BCUT2D eigenvalue weighted by molar-refractivity contribution is -0.105. The minimum absolute atomic E-state index is 0.0186. The summed E-state index contributed by atoms with van der Waals surface area (Å²) in [7, 11) is 1.66. The first-order valence-corrected chi connectivity index (χ1v) is 13.3. The second-order valence-corrected chi connectivity index (χ2v) is 10.1. The monoisotopic (exact) mass is 527 g/mol. The zero-order valence-electron chi connectivity index (χ0n) is 22.2. The highest BCUT2D eigenvalue weighted by Gasteiger charge is 2.30. The normalized spacial score (nSPS) is 15.3. The van der Waals surface area contributed by atoms with E-state index in [2.05, 4.69) is 36.4 Å². The first-order chi connectivity index (χ1) is 19.6. The van der Waals surface area contributed by atoms with Gasteiger partial charge in [-0.15, -0.1) is 0 Å². The number of methoxy groups -OCH3 is 1. The molecule has 6 rings (SSSR count). The van der Waals surface area contributed by atoms with Crippen molar-refractivity contribution >= 4 is 18.5 Å². The lowest BCUT2D eigenvalue weighted by Crippen LogP contribution is -2.32. The summed E-state index contributed by atoms with van der Waals surface area (Å²) in [6, 6.07) is 32.7. The molecule has 0 saturated heterocycles. The molecule has 1 amide bonds. The summed E-state index contributed by atoms with van der Waals surface area (Å²) in [6.45, 7) is 0.605. The van der Waals surface area contributed by atoms with E-state index in [1.54, 1.807) is 13.3 Å². The van der Waals surface area contributed by atoms with Crippen LogP contribution >= 0.6 is 0 Å². The van der Waals surface area contributed by atoms with Gasteiger partial charge in [0, 0.05) is 24.1 Å². The van der Waals surface area contributed by atoms with Gasteiger partial charge in [-0.1, -0.05) is 91.0 Å². The number of hydrogen-bond donors (Lipinski definition) is 0. The van der Waals surface area contributed by atoms with Crippen molar-refractivity contribution in [2.45, 2.75) is 12.3 Å². The smallest absolute Gasteiger partial charge is 0.414 e. The molecular weight excluding hydrogens is 498 g/mol. The Kier molecular flexibility index (Phi) is 7.02. The number of nitrogens with zero attached hydrogens (tertiary/aromatic N) is 1. The molecule has 5 nitrogen and oxygen atoms in total. The van der Waals surface area contributed by atoms with Crippen molar-refractivity contribution in [1.82, 2.24) is 4.90 Å². The lowest BCUT2D eigenvalue weighted by atomic mass is 9.98. The van der Waals surface area contributed by atoms with Gasteiger partial charge in [0.25, 0.3) is 0 Å². The van der Waals surface area contributed by atoms with Crippen LogP contribution in [-0.2, 0) is 9.53 Å². The van der Waals surface area contributed by atoms with Crippen LogP contribution in [0.25, 0.3) is 28.3 Å². The highest BCUT2D eigenvalue weighted by molar-refractivity contribution is 5.81. The van der Waals surface area contributed by atoms with E-state index in [9.17, 15) is 9.59 Å². The Labute approximate surface area is 234 Å². The predicted molar refractivity (Wildman–Crippen MR) is 157 cm³/mol. The Morgan fingerprint density at radius 2 is 1.45 bits per heavy atom. The van der Waals surface area contributed by atoms with Crippen LogP contribution in [-0.4, -0.2) is 37.5 Å². The third-order valence-electron chi connectivity index (χ3n) is 7.55. The molecular formula is C35H29NO4. The molecule has 4 aromatic rings. The Morgan fingerprint density at radius 3 is 2.05 bits per heavy atom. The second-order valence-electron chi connectivity index (χ2n) is 10.1. The Morgan fingerprint density at radius 1 is 0.850 bits per heavy atom. The maximum Gasteiger partial charge on any atom is 0.414 e. The topological polar surface area (TPSA) is 55.8 Å². The van der Waals surface area contributed by atoms with Crippen LogP contribution in [0.4, 0.5) is 4.79 Å². The molecule has 0 fully saturated rings. The molecule has 0 spiro atoms. The average molecular weight is 528 g/mol. The van der Waals surface area contributed by atoms with Gasteiger partial charge in [-0.3, -0.25) is 9.69 Å². The van der Waals surface area contributed by atoms with E-state index in [1.165, 1.54) is 16.0 Å². The number of benzene rings is 4. The maximum atomic E-state index is 13.2. The van der Waals surface area contributed by atoms with E-state index in [4.69, 9.17) is 9.47 Å². The third kappa shape index (κ3) is 5.06. The molecule has 1 aliphatic heterocycles. The fraction of sp³-hybridized carbons (Fsp3) is 0.143. The van der Waals surface area contributed by atoms with Gasteiger partial charge in [0.05, 0.1) is 13.7 Å². The molecule has 0 radical (unpaired) electrons. The molecule has 1 aliphatic carbocycles. The Hall–Kier alpha value is -4.90. The van der Waals surface area contributed by atoms with Gasteiger partial charge >= 0.3 is 6.09 Å². The van der Waals surface area contributed by atoms with Gasteiger partial charge in [-0.2, -0.15) is 0 Å². The molecule has 0 unspecified atom stereocenters. The second kappa shape index (κ2) is 11.1. The van der Waals surface area contributed by atoms with E-state index in [-0.39, 0.29) is 12.5 Å². The summed E-state index contributed by atoms with van der Waals surface area (Å²) < 4.78 is 11.1. The average Bonchev–Trinajstić information content (AvgIpc) is 3.33. The summed E-state index contributed by atoms with van der Waals surface area (Å²) in [5.74, 6) is 0.803. The minimum atomic E-state index is -0.457. The maximum absolute atomic E-state index is 13.2. The molecule has 40 heavy (non-hydrogen) atoms. The number of hydrogen-bond acceptors (Lipinski definition) is 4. The van der Waals surface area contributed by atoms with Crippen molar-refractivity contribution in [1.29, 1.82) is 0 Å². The van der Waals surface area contributed by atoms with Gasteiger partial charge in [0.2, 0.25) is 0 Å². The van der Waals surface area contributed by atoms with Crippen LogP contribution in [0.2, 0.25) is 0 Å². The molecule has 0 N–H and O–H groups in total. The third-order valence-corrected chi connectivity index (χ3v) is 7.55. The molecule has 5 heteroatoms. The summed E-state index contributed by atoms with van der Waals surface area (Å²) in [6.07, 6.45) is 4.50. The number of aldehydes is 1. The van der Waals surface area contributed by atoms with Crippen molar-refractivity contribution in [3.8, 4) is 28.0 Å². The SMILES string of the molecule is COc1ccc(-c2ccc(C=C3CC(C=O)=CN(C(=O)OCC4c5ccccc5-c5ccccc54)C3)cc2)cc1. The van der Waals surface area contributed by atoms with Gasteiger partial charge < -0.3 is 9.47 Å². The molecule has 198 valence electrons. The quantitative estimate of drug-likeness (QED) is 0.244. The fourth-order valence-corrected chi connectivity index (χ4v) is 5.58. The molecule has 4 aromatic carbocycles. The summed E-state index contributed by atoms with van der Waals surface area (Å²) in [4.78, 5) is 26.4. The van der Waals surface area contributed by atoms with E-state index < -0.39 is 6.09 Å². The fourth-order valence-electron chi connectivity index (χ4n) is 5.58. The predicted octanol–water partition coefficient (Wildman–Crippen LogP) is 7.48. The Balaban J connectivity index is 1.16. The van der Waals surface area contributed by atoms with Gasteiger partial charge in [-0.25, -0.2) is 4.79 Å². The van der Waals surface area contributed by atoms with Crippen LogP contribution in [0.5, 0.6) is 5.75 Å². The van der Waals surface area contributed by atoms with Crippen LogP contribution in [0, 0.1) is 0 Å². The summed E-state index contributed by atoms with van der Waals surface area (Å²) >= 11 is 0. The lowest BCUT2D eigenvalue weighted by Gasteiger charge is -2.26. The number of carbonyl (C=O) groups excluding carboxylic acids is 2. The van der Waals surface area contributed by atoms with Crippen molar-refractivity contribution in [2.24, 2.45) is 0 Å². The number of amides is 1. The largest absolute Gasteiger partial charge is 0.497 e. The van der Waals surface area contributed by atoms with Gasteiger partial charge in [0.15, 0.2) is 0 Å². The first-order valence-electron chi connectivity index (χ1n) is 13.3. The zero-order valence-corrected chi connectivity index (χ0v) is 22.2. The van der Waals surface area contributed by atoms with Gasteiger partial charge in [0.1, 0.15) is 18.6 Å². The highest BCUT2D eigenvalue weighted by atomic mass is 16.6. The number of ether oxygens (including phenoxy) is 2. The van der Waals surface area contributed by atoms with Crippen LogP contribution < -0.4 is 4.74 Å². The summed E-state index contributed by atoms with van der Waals surface area (Å²) in [5, 5.41) is 0.